The van der Waals surface area contributed by atoms with Crippen molar-refractivity contribution >= 4 is 46.7 Å². The van der Waals surface area contributed by atoms with E-state index in [0.29, 0.717) is 21.6 Å². The summed E-state index contributed by atoms with van der Waals surface area (Å²) in [7, 11) is 0. The van der Waals surface area contributed by atoms with Gasteiger partial charge in [0, 0.05) is 22.9 Å². The molecule has 9 heteroatoms. The zero-order chi connectivity index (χ0) is 19.6. The van der Waals surface area contributed by atoms with Crippen molar-refractivity contribution in [2.45, 2.75) is 24.4 Å². The lowest BCUT2D eigenvalue weighted by atomic mass is 9.92. The van der Waals surface area contributed by atoms with Gasteiger partial charge in [0.2, 0.25) is 11.8 Å². The minimum atomic E-state index is -0.941. The number of amides is 2. The van der Waals surface area contributed by atoms with Crippen LogP contribution in [0.5, 0.6) is 0 Å². The largest absolute Gasteiger partial charge is 0.325 e. The molecule has 1 aromatic heterocycles. The Kier molecular flexibility index (Phi) is 5.67. The smallest absolute Gasteiger partial charge is 0.257 e. The monoisotopic (exact) mass is 404 g/mol. The number of aryl methyl sites for hydroxylation is 1. The average molecular weight is 405 g/mol. The van der Waals surface area contributed by atoms with Gasteiger partial charge in [0.1, 0.15) is 5.82 Å². The third-order valence-corrected chi connectivity index (χ3v) is 5.30. The number of aromatic nitrogens is 2. The summed E-state index contributed by atoms with van der Waals surface area (Å²) < 4.78 is 0. The Labute approximate surface area is 164 Å². The number of aromatic amines is 1. The number of carbonyl (C=O) groups excluding carboxylic acids is 2. The molecule has 0 radical (unpaired) electrons. The molecule has 2 aromatic rings. The first-order chi connectivity index (χ1) is 12.9. The number of rotatable bonds is 5. The fourth-order valence-electron chi connectivity index (χ4n) is 2.68. The summed E-state index contributed by atoms with van der Waals surface area (Å²) in [5, 5.41) is 6.15. The molecular weight excluding hydrogens is 388 g/mol. The van der Waals surface area contributed by atoms with Crippen molar-refractivity contribution in [2.75, 3.05) is 16.4 Å². The summed E-state index contributed by atoms with van der Waals surface area (Å²) in [5.74, 6) is -1.12. The van der Waals surface area contributed by atoms with Gasteiger partial charge >= 0.3 is 0 Å². The van der Waals surface area contributed by atoms with Crippen LogP contribution in [0.15, 0.2) is 40.8 Å². The number of hydrogen-bond donors (Lipinski definition) is 3. The number of benzene rings is 1. The van der Waals surface area contributed by atoms with Gasteiger partial charge in [-0.1, -0.05) is 35.5 Å². The number of thioether (sulfide) groups is 1. The van der Waals surface area contributed by atoms with Gasteiger partial charge in [-0.05, 0) is 24.6 Å². The van der Waals surface area contributed by atoms with Crippen LogP contribution in [0.1, 0.15) is 23.5 Å². The molecule has 3 N–H and O–H groups in total. The molecule has 1 aromatic carbocycles. The van der Waals surface area contributed by atoms with Crippen LogP contribution in [0.3, 0.4) is 0 Å². The lowest BCUT2D eigenvalue weighted by Gasteiger charge is -2.23. The van der Waals surface area contributed by atoms with E-state index in [1.54, 1.807) is 24.3 Å². The van der Waals surface area contributed by atoms with Crippen LogP contribution >= 0.6 is 23.4 Å². The first-order valence-electron chi connectivity index (χ1n) is 8.14. The molecule has 1 atom stereocenters. The quantitative estimate of drug-likeness (QED) is 0.403. The van der Waals surface area contributed by atoms with E-state index in [0.717, 1.165) is 5.56 Å². The molecule has 27 heavy (non-hydrogen) atoms. The lowest BCUT2D eigenvalue weighted by Crippen LogP contribution is -2.36. The summed E-state index contributed by atoms with van der Waals surface area (Å²) in [6, 6.07) is 5.10. The molecule has 7 nitrogen and oxygen atoms in total. The Balaban J connectivity index is 1.91. The first-order valence-corrected chi connectivity index (χ1v) is 9.50. The third-order valence-electron chi connectivity index (χ3n) is 4.02. The van der Waals surface area contributed by atoms with Crippen LogP contribution in [0.4, 0.5) is 11.5 Å². The molecule has 3 rings (SSSR count). The first kappa shape index (κ1) is 19.2. The van der Waals surface area contributed by atoms with E-state index >= 15 is 0 Å². The topological polar surface area (TPSA) is 104 Å². The molecule has 0 bridgehead atoms. The Morgan fingerprint density at radius 2 is 2.26 bits per heavy atom. The second kappa shape index (κ2) is 7.98. The number of nitrogens with zero attached hydrogens (tertiary/aromatic N) is 1. The van der Waals surface area contributed by atoms with E-state index < -0.39 is 17.4 Å². The van der Waals surface area contributed by atoms with Gasteiger partial charge in [0.05, 0.1) is 11.5 Å². The normalized spacial score (nSPS) is 15.6. The molecular formula is C18H17ClN4O3S. The highest BCUT2D eigenvalue weighted by Gasteiger charge is 2.34. The highest BCUT2D eigenvalue weighted by molar-refractivity contribution is 7.99. The molecule has 0 unspecified atom stereocenters. The lowest BCUT2D eigenvalue weighted by molar-refractivity contribution is -0.123. The van der Waals surface area contributed by atoms with E-state index in [1.807, 2.05) is 6.92 Å². The number of anilines is 2. The predicted molar refractivity (Wildman–Crippen MR) is 107 cm³/mol. The fraction of sp³-hybridized carbons (Fsp3) is 0.222. The molecule has 0 fully saturated rings. The number of carbonyl (C=O) groups is 2. The van der Waals surface area contributed by atoms with Crippen molar-refractivity contribution in [3.8, 4) is 0 Å². The molecule has 0 saturated heterocycles. The van der Waals surface area contributed by atoms with Gasteiger partial charge in [-0.25, -0.2) is 4.98 Å². The number of fused-ring (bicyclic) bond motifs is 1. The summed E-state index contributed by atoms with van der Waals surface area (Å²) in [6.45, 7) is 5.46. The Morgan fingerprint density at radius 1 is 1.48 bits per heavy atom. The van der Waals surface area contributed by atoms with Crippen molar-refractivity contribution in [1.29, 1.82) is 0 Å². The molecule has 2 heterocycles. The molecule has 1 aliphatic rings. The van der Waals surface area contributed by atoms with E-state index in [-0.39, 0.29) is 23.7 Å². The van der Waals surface area contributed by atoms with Crippen molar-refractivity contribution in [1.82, 2.24) is 9.97 Å². The minimum Gasteiger partial charge on any atom is -0.325 e. The zero-order valence-electron chi connectivity index (χ0n) is 14.5. The number of halogens is 1. The van der Waals surface area contributed by atoms with E-state index in [9.17, 15) is 14.4 Å². The fourth-order valence-corrected chi connectivity index (χ4v) is 3.46. The molecule has 140 valence electrons. The van der Waals surface area contributed by atoms with Gasteiger partial charge in [0.15, 0.2) is 5.16 Å². The Morgan fingerprint density at radius 3 is 2.96 bits per heavy atom. The van der Waals surface area contributed by atoms with Crippen LogP contribution in [-0.2, 0) is 9.59 Å². The van der Waals surface area contributed by atoms with Crippen molar-refractivity contribution in [2.24, 2.45) is 0 Å². The molecule has 0 aliphatic carbocycles. The van der Waals surface area contributed by atoms with Crippen LogP contribution in [0.25, 0.3) is 0 Å². The second-order valence-electron chi connectivity index (χ2n) is 5.99. The van der Waals surface area contributed by atoms with Gasteiger partial charge in [-0.15, -0.1) is 6.58 Å². The van der Waals surface area contributed by atoms with Gasteiger partial charge in [-0.3, -0.25) is 14.4 Å². The third kappa shape index (κ3) is 4.23. The maximum atomic E-state index is 12.7. The van der Waals surface area contributed by atoms with Crippen molar-refractivity contribution < 1.29 is 9.59 Å². The van der Waals surface area contributed by atoms with Gasteiger partial charge < -0.3 is 15.6 Å². The van der Waals surface area contributed by atoms with E-state index in [4.69, 9.17) is 11.6 Å². The minimum absolute atomic E-state index is 0.114. The van der Waals surface area contributed by atoms with Crippen LogP contribution < -0.4 is 16.2 Å². The summed E-state index contributed by atoms with van der Waals surface area (Å²) in [6.07, 6.45) is 1.54. The molecule has 2 amide bonds. The van der Waals surface area contributed by atoms with Gasteiger partial charge in [-0.2, -0.15) is 0 Å². The van der Waals surface area contributed by atoms with Gasteiger partial charge in [0.25, 0.3) is 5.56 Å². The maximum Gasteiger partial charge on any atom is 0.257 e. The summed E-state index contributed by atoms with van der Waals surface area (Å²) in [4.78, 5) is 44.2. The summed E-state index contributed by atoms with van der Waals surface area (Å²) >= 11 is 7.35. The summed E-state index contributed by atoms with van der Waals surface area (Å²) in [5.41, 5.74) is 1.06. The van der Waals surface area contributed by atoms with Crippen LogP contribution in [0.2, 0.25) is 5.02 Å². The Hall–Kier alpha value is -2.58. The number of nitrogens with one attached hydrogen (secondary N) is 3. The van der Waals surface area contributed by atoms with E-state index in [1.165, 1.54) is 11.8 Å². The standard InChI is InChI=1S/C18H17ClN4O3S/c1-3-6-27-18-22-15-14(17(26)23-18)11(8-13(24)21-15)16(25)20-10-5-4-9(2)12(19)7-10/h3-5,7,11H,1,6,8H2,2H3,(H,20,25)(H2,21,22,23,24,26)/t11-/m0/s1. The van der Waals surface area contributed by atoms with Crippen molar-refractivity contribution in [3.63, 3.8) is 0 Å². The Bertz CT molecular complexity index is 989. The highest BCUT2D eigenvalue weighted by atomic mass is 35.5. The number of hydrogen-bond acceptors (Lipinski definition) is 5. The second-order valence-corrected chi connectivity index (χ2v) is 7.41. The SMILES string of the molecule is C=CCSc1nc2c(c(=O)[nH]1)[C@@H](C(=O)Nc1ccc(C)c(Cl)c1)CC(=O)N2. The molecule has 0 spiro atoms. The van der Waals surface area contributed by atoms with Crippen LogP contribution in [-0.4, -0.2) is 27.5 Å². The maximum absolute atomic E-state index is 12.7. The zero-order valence-corrected chi connectivity index (χ0v) is 16.0. The van der Waals surface area contributed by atoms with Crippen molar-refractivity contribution in [3.05, 3.63) is 57.4 Å². The highest BCUT2D eigenvalue weighted by Crippen LogP contribution is 2.30. The predicted octanol–water partition coefficient (Wildman–Crippen LogP) is 3.07. The van der Waals surface area contributed by atoms with Crippen LogP contribution in [0, 0.1) is 6.92 Å². The van der Waals surface area contributed by atoms with E-state index in [2.05, 4.69) is 27.2 Å². The average Bonchev–Trinajstić information content (AvgIpc) is 2.62. The molecule has 1 aliphatic heterocycles. The number of H-pyrrole nitrogens is 1. The molecule has 0 saturated carbocycles.